The monoisotopic (exact) mass is 271 g/mol. The highest BCUT2D eigenvalue weighted by Crippen LogP contribution is 2.23. The van der Waals surface area contributed by atoms with E-state index in [-0.39, 0.29) is 23.7 Å². The minimum atomic E-state index is -3.82. The Balaban J connectivity index is 3.28. The first kappa shape index (κ1) is 14.3. The van der Waals surface area contributed by atoms with E-state index >= 15 is 0 Å². The Bertz CT molecular complexity index is 593. The van der Waals surface area contributed by atoms with E-state index in [9.17, 15) is 13.2 Å². The summed E-state index contributed by atoms with van der Waals surface area (Å²) in [5.41, 5.74) is 0. The first-order valence-corrected chi connectivity index (χ1v) is 6.56. The summed E-state index contributed by atoms with van der Waals surface area (Å²) in [5.74, 6) is 0.540. The average Bonchev–Trinajstić information content (AvgIpc) is 2.68. The summed E-state index contributed by atoms with van der Waals surface area (Å²) in [6, 6.07) is 0.992. The molecule has 1 aromatic heterocycles. The molecule has 0 amide bonds. The lowest BCUT2D eigenvalue weighted by Gasteiger charge is -2.16. The van der Waals surface area contributed by atoms with Gasteiger partial charge in [0.1, 0.15) is 10.7 Å². The van der Waals surface area contributed by atoms with Crippen molar-refractivity contribution in [3.8, 4) is 12.3 Å². The van der Waals surface area contributed by atoms with Crippen molar-refractivity contribution in [3.05, 3.63) is 17.6 Å². The molecule has 1 N–H and O–H groups in total. The molecule has 0 unspecified atom stereocenters. The number of carboxylic acid groups (broad SMARTS) is 1. The van der Waals surface area contributed by atoms with Crippen LogP contribution in [0, 0.1) is 19.3 Å². The van der Waals surface area contributed by atoms with E-state index in [1.165, 1.54) is 6.92 Å². The molecule has 0 bridgehead atoms. The van der Waals surface area contributed by atoms with Gasteiger partial charge in [0.15, 0.2) is 0 Å². The molecule has 18 heavy (non-hydrogen) atoms. The normalized spacial score (nSPS) is 11.4. The third-order valence-corrected chi connectivity index (χ3v) is 4.35. The highest BCUT2D eigenvalue weighted by Gasteiger charge is 2.28. The number of aromatic carboxylic acids is 1. The van der Waals surface area contributed by atoms with Crippen LogP contribution < -0.4 is 0 Å². The second-order valence-corrected chi connectivity index (χ2v) is 5.38. The fourth-order valence-corrected chi connectivity index (χ4v) is 2.96. The van der Waals surface area contributed by atoms with Crippen LogP contribution in [-0.4, -0.2) is 36.9 Å². The molecule has 0 aliphatic heterocycles. The fourth-order valence-electron chi connectivity index (χ4n) is 1.43. The van der Waals surface area contributed by atoms with Crippen molar-refractivity contribution in [1.29, 1.82) is 0 Å². The van der Waals surface area contributed by atoms with Gasteiger partial charge in [0.05, 0.1) is 6.54 Å². The molecule has 0 fully saturated rings. The predicted molar refractivity (Wildman–Crippen MR) is 63.7 cm³/mol. The Morgan fingerprint density at radius 2 is 2.22 bits per heavy atom. The Morgan fingerprint density at radius 3 is 2.61 bits per heavy atom. The maximum atomic E-state index is 12.2. The zero-order valence-electron chi connectivity index (χ0n) is 10.0. The minimum Gasteiger partial charge on any atom is -0.475 e. The molecular weight excluding hydrogens is 258 g/mol. The van der Waals surface area contributed by atoms with E-state index in [0.29, 0.717) is 0 Å². The highest BCUT2D eigenvalue weighted by atomic mass is 32.2. The summed E-state index contributed by atoms with van der Waals surface area (Å²) < 4.78 is 30.3. The predicted octanol–water partition coefficient (Wildman–Crippen LogP) is 0.930. The summed E-state index contributed by atoms with van der Waals surface area (Å²) in [6.07, 6.45) is 5.10. The van der Waals surface area contributed by atoms with E-state index < -0.39 is 21.8 Å². The second kappa shape index (κ2) is 5.25. The maximum absolute atomic E-state index is 12.2. The number of nitrogens with zero attached hydrogens (tertiary/aromatic N) is 1. The van der Waals surface area contributed by atoms with Gasteiger partial charge in [-0.2, -0.15) is 4.31 Å². The number of hydrogen-bond donors (Lipinski definition) is 1. The van der Waals surface area contributed by atoms with Gasteiger partial charge < -0.3 is 9.52 Å². The number of furan rings is 1. The molecule has 0 aliphatic rings. The number of sulfonamides is 1. The third-order valence-electron chi connectivity index (χ3n) is 2.32. The van der Waals surface area contributed by atoms with Crippen LogP contribution >= 0.6 is 0 Å². The van der Waals surface area contributed by atoms with Gasteiger partial charge in [-0.25, -0.2) is 13.2 Å². The topological polar surface area (TPSA) is 87.8 Å². The van der Waals surface area contributed by atoms with Crippen molar-refractivity contribution in [2.75, 3.05) is 13.1 Å². The van der Waals surface area contributed by atoms with Crippen LogP contribution in [0.5, 0.6) is 0 Å². The SMILES string of the molecule is C#CCN(CC)S(=O)(=O)c1cc(C(=O)O)oc1C. The molecule has 1 rings (SSSR count). The summed E-state index contributed by atoms with van der Waals surface area (Å²) in [5, 5.41) is 8.75. The number of terminal acetylenes is 1. The number of carbonyl (C=O) groups is 1. The third kappa shape index (κ3) is 2.55. The van der Waals surface area contributed by atoms with Gasteiger partial charge in [0.2, 0.25) is 15.8 Å². The molecule has 7 heteroatoms. The standard InChI is InChI=1S/C11H13NO5S/c1-4-6-12(5-2)18(15,16)10-7-9(11(13)14)17-8(10)3/h1,7H,5-6H2,2-3H3,(H,13,14). The van der Waals surface area contributed by atoms with Gasteiger partial charge in [0, 0.05) is 12.6 Å². The maximum Gasteiger partial charge on any atom is 0.371 e. The van der Waals surface area contributed by atoms with Crippen molar-refractivity contribution in [3.63, 3.8) is 0 Å². The lowest BCUT2D eigenvalue weighted by molar-refractivity contribution is 0.0661. The first-order valence-electron chi connectivity index (χ1n) is 5.12. The smallest absolute Gasteiger partial charge is 0.371 e. The van der Waals surface area contributed by atoms with Crippen LogP contribution in [-0.2, 0) is 10.0 Å². The Hall–Kier alpha value is -1.78. The molecule has 1 heterocycles. The molecule has 0 saturated heterocycles. The van der Waals surface area contributed by atoms with Gasteiger partial charge in [0.25, 0.3) is 0 Å². The van der Waals surface area contributed by atoms with Crippen LogP contribution in [0.25, 0.3) is 0 Å². The van der Waals surface area contributed by atoms with E-state index in [1.54, 1.807) is 6.92 Å². The number of rotatable bonds is 5. The van der Waals surface area contributed by atoms with Crippen LogP contribution in [0.15, 0.2) is 15.4 Å². The second-order valence-electron chi connectivity index (χ2n) is 3.47. The number of aryl methyl sites for hydroxylation is 1. The van der Waals surface area contributed by atoms with Crippen LogP contribution in [0.4, 0.5) is 0 Å². The van der Waals surface area contributed by atoms with E-state index in [1.807, 2.05) is 0 Å². The van der Waals surface area contributed by atoms with Gasteiger partial charge in [-0.15, -0.1) is 6.42 Å². The number of carboxylic acids is 1. The summed E-state index contributed by atoms with van der Waals surface area (Å²) >= 11 is 0. The fraction of sp³-hybridized carbons (Fsp3) is 0.364. The van der Waals surface area contributed by atoms with Gasteiger partial charge >= 0.3 is 5.97 Å². The summed E-state index contributed by atoms with van der Waals surface area (Å²) in [6.45, 7) is 3.15. The average molecular weight is 271 g/mol. The minimum absolute atomic E-state index is 0.0304. The Morgan fingerprint density at radius 1 is 1.61 bits per heavy atom. The lowest BCUT2D eigenvalue weighted by Crippen LogP contribution is -2.31. The highest BCUT2D eigenvalue weighted by molar-refractivity contribution is 7.89. The van der Waals surface area contributed by atoms with Crippen molar-refractivity contribution in [2.45, 2.75) is 18.7 Å². The van der Waals surface area contributed by atoms with E-state index in [0.717, 1.165) is 10.4 Å². The molecule has 0 aliphatic carbocycles. The summed E-state index contributed by atoms with van der Waals surface area (Å²) in [7, 11) is -3.82. The van der Waals surface area contributed by atoms with Gasteiger partial charge in [-0.05, 0) is 6.92 Å². The van der Waals surface area contributed by atoms with Crippen molar-refractivity contribution in [1.82, 2.24) is 4.31 Å². The first-order chi connectivity index (χ1) is 8.34. The molecule has 0 atom stereocenters. The molecule has 0 saturated carbocycles. The van der Waals surface area contributed by atoms with Crippen LogP contribution in [0.1, 0.15) is 23.2 Å². The quantitative estimate of drug-likeness (QED) is 0.805. The zero-order valence-corrected chi connectivity index (χ0v) is 10.8. The Kier molecular flexibility index (Phi) is 4.16. The Labute approximate surface area is 105 Å². The van der Waals surface area contributed by atoms with E-state index in [2.05, 4.69) is 5.92 Å². The molecule has 6 nitrogen and oxygen atoms in total. The number of hydrogen-bond acceptors (Lipinski definition) is 4. The molecular formula is C11H13NO5S. The lowest BCUT2D eigenvalue weighted by atomic mass is 10.4. The molecule has 0 radical (unpaired) electrons. The van der Waals surface area contributed by atoms with Crippen LogP contribution in [0.2, 0.25) is 0 Å². The van der Waals surface area contributed by atoms with Crippen molar-refractivity contribution < 1.29 is 22.7 Å². The van der Waals surface area contributed by atoms with Crippen molar-refractivity contribution in [2.24, 2.45) is 0 Å². The zero-order chi connectivity index (χ0) is 13.9. The van der Waals surface area contributed by atoms with Gasteiger partial charge in [-0.3, -0.25) is 0 Å². The largest absolute Gasteiger partial charge is 0.475 e. The summed E-state index contributed by atoms with van der Waals surface area (Å²) in [4.78, 5) is 10.6. The van der Waals surface area contributed by atoms with Crippen LogP contribution in [0.3, 0.4) is 0 Å². The molecule has 98 valence electrons. The van der Waals surface area contributed by atoms with E-state index in [4.69, 9.17) is 15.9 Å². The molecule has 0 aromatic carbocycles. The molecule has 0 spiro atoms. The van der Waals surface area contributed by atoms with Crippen molar-refractivity contribution >= 4 is 16.0 Å². The van der Waals surface area contributed by atoms with Gasteiger partial charge in [-0.1, -0.05) is 12.8 Å². The molecule has 1 aromatic rings.